The highest BCUT2D eigenvalue weighted by Gasteiger charge is 2.35. The van der Waals surface area contributed by atoms with Crippen LogP contribution in [0.1, 0.15) is 49.8 Å². The zero-order valence-corrected chi connectivity index (χ0v) is 42.8. The van der Waals surface area contributed by atoms with Gasteiger partial charge in [0.15, 0.2) is 32.0 Å². The van der Waals surface area contributed by atoms with Gasteiger partial charge in [-0.05, 0) is 92.1 Å². The van der Waals surface area contributed by atoms with Crippen molar-refractivity contribution in [2.75, 3.05) is 39.6 Å². The minimum atomic E-state index is -0.754. The second-order valence-electron chi connectivity index (χ2n) is 17.9. The molecule has 0 radical (unpaired) electrons. The number of diazo groups is 3. The van der Waals surface area contributed by atoms with Crippen LogP contribution in [0.15, 0.2) is 127 Å². The molecule has 3 heterocycles. The molecule has 6 aromatic rings. The van der Waals surface area contributed by atoms with E-state index in [1.807, 2.05) is 0 Å². The minimum Gasteiger partial charge on any atom is -0.457 e. The third kappa shape index (κ3) is 18.0. The Hall–Kier alpha value is -8.72. The lowest BCUT2D eigenvalue weighted by molar-refractivity contribution is -0.0213. The standard InChI is InChI=1S/C19H19BN3O4.C18H17BN3O4.C17H15BN3O4/c1-19(2)12-25-20(26-13-19)24-11-14-10-17(8-9-18(14)23-21)27-16-6-4-15(22-3)5-7-16;1-21-15-4-6-16(7-5-15)26-17-8-9-18(22-20)14(12-17)13-25-19-23-10-2-3-11-24-19;1-20-14-3-5-15(6-4-14)25-16-7-8-17(21-19)13(11-16)12-24-18-22-9-2-10-23-18/h4-10H,11-13H2,1-2H3;4-9,12H,2-3,10-11,13H2;3-8,11H,2,9-10,12H2/q3*+1. The molecular weight excluding hydrogens is 999 g/mol. The zero-order valence-electron chi connectivity index (χ0n) is 42.8. The molecule has 0 amide bonds. The summed E-state index contributed by atoms with van der Waals surface area (Å²) in [5.74, 6) is 3.49. The third-order valence-corrected chi connectivity index (χ3v) is 11.3. The van der Waals surface area contributed by atoms with Crippen LogP contribution in [0.25, 0.3) is 29.5 Å². The van der Waals surface area contributed by atoms with Crippen LogP contribution >= 0.6 is 0 Å². The smallest absolute Gasteiger partial charge is 0.457 e. The van der Waals surface area contributed by atoms with Crippen molar-refractivity contribution in [2.45, 2.75) is 52.9 Å². The molecule has 0 spiro atoms. The number of benzene rings is 6. The van der Waals surface area contributed by atoms with Gasteiger partial charge in [-0.3, -0.25) is 0 Å². The van der Waals surface area contributed by atoms with Crippen LogP contribution in [-0.2, 0) is 61.7 Å². The molecule has 9 rings (SSSR count). The van der Waals surface area contributed by atoms with Crippen LogP contribution in [0.4, 0.5) is 34.1 Å². The van der Waals surface area contributed by atoms with Crippen LogP contribution in [0.3, 0.4) is 0 Å². The van der Waals surface area contributed by atoms with Crippen LogP contribution in [0.5, 0.6) is 34.5 Å². The first-order valence-electron chi connectivity index (χ1n) is 24.5. The van der Waals surface area contributed by atoms with E-state index in [1.165, 1.54) is 0 Å². The molecule has 0 bridgehead atoms. The van der Waals surface area contributed by atoms with E-state index in [2.05, 4.69) is 43.3 Å². The van der Waals surface area contributed by atoms with Gasteiger partial charge in [0.2, 0.25) is 16.2 Å². The van der Waals surface area contributed by atoms with Gasteiger partial charge in [0.05, 0.1) is 56.2 Å². The molecule has 0 aliphatic carbocycles. The molecule has 0 atom stereocenters. The van der Waals surface area contributed by atoms with Crippen molar-refractivity contribution in [3.05, 3.63) is 193 Å². The highest BCUT2D eigenvalue weighted by atomic mass is 16.7. The lowest BCUT2D eigenvalue weighted by atomic mass is 9.93. The average molecular weight is 1050 g/mol. The summed E-state index contributed by atoms with van der Waals surface area (Å²) >= 11 is 0. The fraction of sp³-hybridized carbons (Fsp3) is 0.278. The molecule has 21 nitrogen and oxygen atoms in total. The van der Waals surface area contributed by atoms with Gasteiger partial charge in [0.1, 0.15) is 34.5 Å². The molecule has 6 aromatic carbocycles. The predicted octanol–water partition coefficient (Wildman–Crippen LogP) is 14.4. The second-order valence-corrected chi connectivity index (χ2v) is 17.9. The van der Waals surface area contributed by atoms with Gasteiger partial charge in [-0.1, -0.05) is 50.2 Å². The fourth-order valence-electron chi connectivity index (χ4n) is 7.21. The lowest BCUT2D eigenvalue weighted by Crippen LogP contribution is -2.42. The van der Waals surface area contributed by atoms with Crippen molar-refractivity contribution >= 4 is 56.1 Å². The van der Waals surface area contributed by atoms with E-state index >= 15 is 0 Å². The van der Waals surface area contributed by atoms with Crippen molar-refractivity contribution in [3.63, 3.8) is 0 Å². The fourth-order valence-corrected chi connectivity index (χ4v) is 7.21. The molecule has 3 saturated heterocycles. The zero-order chi connectivity index (χ0) is 55.0. The second kappa shape index (κ2) is 29.5. The van der Waals surface area contributed by atoms with E-state index < -0.39 is 22.0 Å². The summed E-state index contributed by atoms with van der Waals surface area (Å²) in [6.45, 7) is 28.9. The van der Waals surface area contributed by atoms with Crippen molar-refractivity contribution < 1.29 is 56.1 Å². The van der Waals surface area contributed by atoms with Crippen molar-refractivity contribution in [1.82, 2.24) is 0 Å². The van der Waals surface area contributed by atoms with Gasteiger partial charge < -0.3 is 56.1 Å². The minimum absolute atomic E-state index is 0.0397. The normalized spacial score (nSPS) is 14.5. The quantitative estimate of drug-likeness (QED) is 0.0532. The van der Waals surface area contributed by atoms with Gasteiger partial charge >= 0.3 is 39.0 Å². The Morgan fingerprint density at radius 1 is 0.410 bits per heavy atom. The Morgan fingerprint density at radius 2 is 0.692 bits per heavy atom. The van der Waals surface area contributed by atoms with E-state index in [-0.39, 0.29) is 25.2 Å². The first kappa shape index (κ1) is 57.0. The first-order chi connectivity index (χ1) is 38.0. The van der Waals surface area contributed by atoms with Gasteiger partial charge in [0.25, 0.3) is 0 Å². The van der Waals surface area contributed by atoms with Crippen LogP contribution in [-0.4, -0.2) is 61.6 Å². The Bertz CT molecular complexity index is 3190. The van der Waals surface area contributed by atoms with Gasteiger partial charge in [-0.25, -0.2) is 14.5 Å². The van der Waals surface area contributed by atoms with Crippen LogP contribution < -0.4 is 14.2 Å². The maximum absolute atomic E-state index is 9.20. The molecule has 3 fully saturated rings. The summed E-state index contributed by atoms with van der Waals surface area (Å²) in [6.07, 6.45) is 2.71. The summed E-state index contributed by atoms with van der Waals surface area (Å²) in [4.78, 5) is 19.8. The van der Waals surface area contributed by atoms with Crippen molar-refractivity contribution in [3.8, 4) is 34.5 Å². The van der Waals surface area contributed by atoms with Crippen molar-refractivity contribution in [2.24, 2.45) is 5.41 Å². The molecule has 3 aliphatic rings. The number of hydrogen-bond acceptors (Lipinski definition) is 15. The van der Waals surface area contributed by atoms with E-state index in [0.29, 0.717) is 125 Å². The van der Waals surface area contributed by atoms with Crippen molar-refractivity contribution in [1.29, 1.82) is 16.2 Å². The van der Waals surface area contributed by atoms with Gasteiger partial charge in [-0.15, -0.1) is 0 Å². The molecule has 0 N–H and O–H groups in total. The summed E-state index contributed by atoms with van der Waals surface area (Å²) < 4.78 is 66.8. The summed E-state index contributed by atoms with van der Waals surface area (Å²) in [5, 5.41) is 27.5. The monoisotopic (exact) mass is 1050 g/mol. The Morgan fingerprint density at radius 3 is 0.987 bits per heavy atom. The Balaban J connectivity index is 0.000000170. The largest absolute Gasteiger partial charge is 0.639 e. The highest BCUT2D eigenvalue weighted by molar-refractivity contribution is 6.37. The molecule has 390 valence electrons. The Labute approximate surface area is 452 Å². The van der Waals surface area contributed by atoms with E-state index in [4.69, 9.17) is 81.2 Å². The van der Waals surface area contributed by atoms with Crippen LogP contribution in [0.2, 0.25) is 0 Å². The highest BCUT2D eigenvalue weighted by Crippen LogP contribution is 2.34. The molecule has 78 heavy (non-hydrogen) atoms. The Kier molecular flexibility index (Phi) is 21.6. The molecule has 0 aromatic heterocycles. The SMILES string of the molecule is [C-]#[N+]c1ccc(Oc2ccc([N+]#N)c(COB3OCC(C)(C)CO3)c2)cc1.[C-]#[N+]c1ccc(Oc2ccc([N+]#N)c(COB3OCCCCO3)c2)cc1.[C-]#[N+]c1ccc(Oc2ccc([N+]#N)c(COB3OCCCO3)c2)cc1. The predicted molar refractivity (Wildman–Crippen MR) is 287 cm³/mol. The summed E-state index contributed by atoms with van der Waals surface area (Å²) in [6, 6.07) is 35.6. The van der Waals surface area contributed by atoms with Gasteiger partial charge in [0, 0.05) is 63.3 Å². The topological polar surface area (TPSA) is 208 Å². The van der Waals surface area contributed by atoms with Crippen LogP contribution in [0, 0.1) is 41.3 Å². The van der Waals surface area contributed by atoms with Gasteiger partial charge in [-0.2, -0.15) is 0 Å². The first-order valence-corrected chi connectivity index (χ1v) is 24.5. The lowest BCUT2D eigenvalue weighted by Gasteiger charge is -2.31. The van der Waals surface area contributed by atoms with E-state index in [9.17, 15) is 10.8 Å². The molecule has 24 heteroatoms. The number of ether oxygens (including phenoxy) is 3. The van der Waals surface area contributed by atoms with E-state index in [1.54, 1.807) is 127 Å². The number of nitrogens with zero attached hydrogens (tertiary/aromatic N) is 9. The maximum Gasteiger partial charge on any atom is 0.639 e. The molecular formula is C54H51B3N9O12+3. The summed E-state index contributed by atoms with van der Waals surface area (Å²) in [7, 11) is -2.20. The number of hydrogen-bond donors (Lipinski definition) is 0. The number of rotatable bonds is 15. The maximum atomic E-state index is 9.20. The third-order valence-electron chi connectivity index (χ3n) is 11.3. The van der Waals surface area contributed by atoms with E-state index in [0.717, 1.165) is 19.3 Å². The average Bonchev–Trinajstić information content (AvgIpc) is 3.77. The summed E-state index contributed by atoms with van der Waals surface area (Å²) in [5.41, 5.74) is 4.64. The molecule has 0 unspecified atom stereocenters. The molecule has 3 aliphatic heterocycles. The molecule has 0 saturated carbocycles.